The summed E-state index contributed by atoms with van der Waals surface area (Å²) >= 11 is 6.24. The summed E-state index contributed by atoms with van der Waals surface area (Å²) in [4.78, 5) is 8.62. The van der Waals surface area contributed by atoms with Crippen LogP contribution in [-0.4, -0.2) is 50.0 Å². The van der Waals surface area contributed by atoms with Gasteiger partial charge < -0.3 is 25.8 Å². The molecule has 1 heterocycles. The summed E-state index contributed by atoms with van der Waals surface area (Å²) in [5, 5.41) is 6.57. The third-order valence-corrected chi connectivity index (χ3v) is 7.43. The van der Waals surface area contributed by atoms with E-state index < -0.39 is 10.0 Å². The Balaban J connectivity index is 1.84. The molecule has 12 heteroatoms. The fourth-order valence-electron chi connectivity index (χ4n) is 3.24. The Labute approximate surface area is 204 Å². The summed E-state index contributed by atoms with van der Waals surface area (Å²) in [7, 11) is -0.506. The molecule has 34 heavy (non-hydrogen) atoms. The maximum Gasteiger partial charge on any atom is 0.243 e. The molecule has 4 N–H and O–H groups in total. The fourth-order valence-corrected chi connectivity index (χ4v) is 4.94. The second-order valence-corrected chi connectivity index (χ2v) is 9.38. The molecule has 0 spiro atoms. The monoisotopic (exact) mass is 506 g/mol. The fraction of sp³-hybridized carbons (Fsp3) is 0.273. The Bertz CT molecular complexity index is 1250. The molecule has 0 unspecified atom stereocenters. The molecule has 0 atom stereocenters. The van der Waals surface area contributed by atoms with Crippen LogP contribution in [0.15, 0.2) is 47.6 Å². The van der Waals surface area contributed by atoms with Crippen LogP contribution in [0.1, 0.15) is 13.8 Å². The summed E-state index contributed by atoms with van der Waals surface area (Å²) < 4.78 is 37.4. The Morgan fingerprint density at radius 1 is 0.971 bits per heavy atom. The van der Waals surface area contributed by atoms with Crippen LogP contribution in [0.3, 0.4) is 0 Å². The Hall–Kier alpha value is -3.28. The molecule has 10 nitrogen and oxygen atoms in total. The van der Waals surface area contributed by atoms with Gasteiger partial charge in [-0.25, -0.2) is 18.4 Å². The molecule has 3 aromatic rings. The average Bonchev–Trinajstić information content (AvgIpc) is 2.83. The standard InChI is InChI=1S/C22H27ClN6O4S/c1-5-29(6-2)34(30,31)15-9-7-14(8-10-15)27-21-20(24)22(26-13-25-21)28-17-11-16(23)18(32-3)12-19(17)33-4/h7-13H,5-6,24H2,1-4H3,(H2,25,26,27,28). The van der Waals surface area contributed by atoms with Gasteiger partial charge in [-0.05, 0) is 30.3 Å². The van der Waals surface area contributed by atoms with E-state index in [0.717, 1.165) is 0 Å². The number of rotatable bonds is 10. The molecule has 0 aliphatic heterocycles. The number of benzene rings is 2. The Morgan fingerprint density at radius 2 is 1.56 bits per heavy atom. The van der Waals surface area contributed by atoms with Crippen molar-refractivity contribution in [3.8, 4) is 11.5 Å². The zero-order chi connectivity index (χ0) is 24.9. The normalized spacial score (nSPS) is 11.4. The van der Waals surface area contributed by atoms with Crippen LogP contribution in [0.2, 0.25) is 5.02 Å². The number of methoxy groups -OCH3 is 2. The van der Waals surface area contributed by atoms with E-state index in [9.17, 15) is 8.42 Å². The number of sulfonamides is 1. The summed E-state index contributed by atoms with van der Waals surface area (Å²) in [6, 6.07) is 9.67. The van der Waals surface area contributed by atoms with Crippen molar-refractivity contribution in [2.45, 2.75) is 18.7 Å². The first-order valence-electron chi connectivity index (χ1n) is 10.4. The molecule has 0 aliphatic rings. The van der Waals surface area contributed by atoms with Gasteiger partial charge in [0.05, 0.1) is 29.8 Å². The molecule has 2 aromatic carbocycles. The number of anilines is 5. The van der Waals surface area contributed by atoms with Crippen LogP contribution in [0.5, 0.6) is 11.5 Å². The molecule has 3 rings (SSSR count). The molecule has 0 saturated heterocycles. The Morgan fingerprint density at radius 3 is 2.12 bits per heavy atom. The van der Waals surface area contributed by atoms with Crippen molar-refractivity contribution < 1.29 is 17.9 Å². The zero-order valence-electron chi connectivity index (χ0n) is 19.3. The van der Waals surface area contributed by atoms with E-state index in [-0.39, 0.29) is 10.6 Å². The molecule has 0 fully saturated rings. The van der Waals surface area contributed by atoms with E-state index in [0.29, 0.717) is 52.6 Å². The molecule has 0 amide bonds. The van der Waals surface area contributed by atoms with Gasteiger partial charge >= 0.3 is 0 Å². The summed E-state index contributed by atoms with van der Waals surface area (Å²) in [5.41, 5.74) is 7.68. The average molecular weight is 507 g/mol. The highest BCUT2D eigenvalue weighted by molar-refractivity contribution is 7.89. The van der Waals surface area contributed by atoms with Gasteiger partial charge in [-0.3, -0.25) is 0 Å². The lowest BCUT2D eigenvalue weighted by molar-refractivity contribution is 0.396. The van der Waals surface area contributed by atoms with Gasteiger partial charge in [-0.1, -0.05) is 25.4 Å². The topological polar surface area (TPSA) is 132 Å². The van der Waals surface area contributed by atoms with Crippen LogP contribution in [-0.2, 0) is 10.0 Å². The van der Waals surface area contributed by atoms with Crippen molar-refractivity contribution >= 4 is 50.3 Å². The lowest BCUT2D eigenvalue weighted by atomic mass is 10.2. The largest absolute Gasteiger partial charge is 0.495 e. The summed E-state index contributed by atoms with van der Waals surface area (Å²) in [6.07, 6.45) is 1.35. The van der Waals surface area contributed by atoms with E-state index in [1.807, 2.05) is 0 Å². The van der Waals surface area contributed by atoms with Gasteiger partial charge in [0, 0.05) is 24.8 Å². The molecule has 1 aromatic heterocycles. The van der Waals surface area contributed by atoms with Crippen LogP contribution in [0.4, 0.5) is 28.7 Å². The number of hydrogen-bond donors (Lipinski definition) is 3. The predicted octanol–water partition coefficient (Wildman–Crippen LogP) is 4.25. The number of nitrogens with one attached hydrogen (secondary N) is 2. The van der Waals surface area contributed by atoms with Crippen molar-refractivity contribution in [2.24, 2.45) is 0 Å². The lowest BCUT2D eigenvalue weighted by Gasteiger charge is -2.18. The summed E-state index contributed by atoms with van der Waals surface area (Å²) in [6.45, 7) is 4.40. The number of nitrogen functional groups attached to an aromatic ring is 1. The van der Waals surface area contributed by atoms with Gasteiger partial charge in [0.1, 0.15) is 23.5 Å². The maximum absolute atomic E-state index is 12.7. The van der Waals surface area contributed by atoms with Crippen LogP contribution in [0, 0.1) is 0 Å². The van der Waals surface area contributed by atoms with Crippen LogP contribution >= 0.6 is 11.6 Å². The lowest BCUT2D eigenvalue weighted by Crippen LogP contribution is -2.30. The second kappa shape index (κ2) is 10.8. The number of ether oxygens (including phenoxy) is 2. The van der Waals surface area contributed by atoms with E-state index in [1.165, 1.54) is 37.0 Å². The quantitative estimate of drug-likeness (QED) is 0.369. The molecular weight excluding hydrogens is 480 g/mol. The third kappa shape index (κ3) is 5.27. The number of hydrogen-bond acceptors (Lipinski definition) is 9. The van der Waals surface area contributed by atoms with Gasteiger partial charge in [-0.15, -0.1) is 0 Å². The van der Waals surface area contributed by atoms with Gasteiger partial charge in [0.2, 0.25) is 10.0 Å². The van der Waals surface area contributed by atoms with Crippen molar-refractivity contribution in [2.75, 3.05) is 43.7 Å². The number of nitrogens with two attached hydrogens (primary N) is 1. The van der Waals surface area contributed by atoms with Crippen molar-refractivity contribution in [3.63, 3.8) is 0 Å². The molecule has 182 valence electrons. The number of nitrogens with zero attached hydrogens (tertiary/aromatic N) is 3. The van der Waals surface area contributed by atoms with Gasteiger partial charge in [0.25, 0.3) is 0 Å². The smallest absolute Gasteiger partial charge is 0.243 e. The van der Waals surface area contributed by atoms with Crippen molar-refractivity contribution in [3.05, 3.63) is 47.7 Å². The van der Waals surface area contributed by atoms with Crippen molar-refractivity contribution in [1.82, 2.24) is 14.3 Å². The second-order valence-electron chi connectivity index (χ2n) is 7.04. The molecular formula is C22H27ClN6O4S. The summed E-state index contributed by atoms with van der Waals surface area (Å²) in [5.74, 6) is 1.63. The van der Waals surface area contributed by atoms with Crippen molar-refractivity contribution in [1.29, 1.82) is 0 Å². The molecule has 0 saturated carbocycles. The first kappa shape index (κ1) is 25.3. The highest BCUT2D eigenvalue weighted by Gasteiger charge is 2.21. The molecule has 0 bridgehead atoms. The van der Waals surface area contributed by atoms with E-state index in [2.05, 4.69) is 20.6 Å². The number of halogens is 1. The Kier molecular flexibility index (Phi) is 8.02. The maximum atomic E-state index is 12.7. The minimum Gasteiger partial charge on any atom is -0.495 e. The third-order valence-electron chi connectivity index (χ3n) is 5.07. The molecule has 0 aliphatic carbocycles. The zero-order valence-corrected chi connectivity index (χ0v) is 20.9. The first-order chi connectivity index (χ1) is 16.2. The highest BCUT2D eigenvalue weighted by Crippen LogP contribution is 2.38. The van der Waals surface area contributed by atoms with E-state index in [4.69, 9.17) is 26.8 Å². The van der Waals surface area contributed by atoms with E-state index in [1.54, 1.807) is 38.1 Å². The van der Waals surface area contributed by atoms with Crippen LogP contribution < -0.4 is 25.8 Å². The minimum atomic E-state index is -3.54. The minimum absolute atomic E-state index is 0.211. The predicted molar refractivity (Wildman–Crippen MR) is 134 cm³/mol. The van der Waals surface area contributed by atoms with E-state index >= 15 is 0 Å². The SMILES string of the molecule is CCN(CC)S(=O)(=O)c1ccc(Nc2ncnc(Nc3cc(Cl)c(OC)cc3OC)c2N)cc1. The van der Waals surface area contributed by atoms with Gasteiger partial charge in [-0.2, -0.15) is 4.31 Å². The first-order valence-corrected chi connectivity index (χ1v) is 12.2. The van der Waals surface area contributed by atoms with Crippen LogP contribution in [0.25, 0.3) is 0 Å². The van der Waals surface area contributed by atoms with Gasteiger partial charge in [0.15, 0.2) is 11.6 Å². The number of aromatic nitrogens is 2. The molecule has 0 radical (unpaired) electrons. The highest BCUT2D eigenvalue weighted by atomic mass is 35.5.